The number of ketones is 1. The number of alkyl halides is 1. The van der Waals surface area contributed by atoms with E-state index in [2.05, 4.69) is 15.7 Å². The maximum absolute atomic E-state index is 14.5. The van der Waals surface area contributed by atoms with Crippen LogP contribution < -0.4 is 10.7 Å². The zero-order valence-corrected chi connectivity index (χ0v) is 25.8. The van der Waals surface area contributed by atoms with Gasteiger partial charge in [-0.25, -0.2) is 9.37 Å². The number of nitrogens with one attached hydrogen (secondary N) is 2. The van der Waals surface area contributed by atoms with Crippen LogP contribution in [0.15, 0.2) is 29.8 Å². The van der Waals surface area contributed by atoms with E-state index < -0.39 is 47.3 Å². The minimum Gasteiger partial charge on any atom is -0.770 e. The van der Waals surface area contributed by atoms with Crippen molar-refractivity contribution in [3.63, 3.8) is 0 Å². The van der Waals surface area contributed by atoms with Gasteiger partial charge < -0.3 is 20.5 Å². The lowest BCUT2D eigenvalue weighted by Gasteiger charge is -2.44. The molecule has 0 unspecified atom stereocenters. The highest BCUT2D eigenvalue weighted by atomic mass is 32.1. The van der Waals surface area contributed by atoms with Gasteiger partial charge in [0.1, 0.15) is 11.8 Å². The second-order valence-electron chi connectivity index (χ2n) is 12.8. The Hall–Kier alpha value is -2.77. The van der Waals surface area contributed by atoms with Crippen molar-refractivity contribution in [2.45, 2.75) is 97.2 Å². The number of hydroxylamine groups is 1. The number of halogens is 1. The van der Waals surface area contributed by atoms with Gasteiger partial charge in [-0.2, -0.15) is 0 Å². The second kappa shape index (κ2) is 12.5. The Labute approximate surface area is 250 Å². The number of amides is 2. The van der Waals surface area contributed by atoms with Crippen LogP contribution >= 0.6 is 11.3 Å². The number of carbonyl (C=O) groups excluding carboxylic acids is 3. The molecule has 0 spiro atoms. The van der Waals surface area contributed by atoms with Crippen LogP contribution in [0.5, 0.6) is 0 Å². The fourth-order valence-corrected chi connectivity index (χ4v) is 5.84. The van der Waals surface area contributed by atoms with Gasteiger partial charge in [-0.3, -0.25) is 25.0 Å². The van der Waals surface area contributed by atoms with E-state index in [1.54, 1.807) is 40.1 Å². The molecule has 12 heteroatoms. The zero-order chi connectivity index (χ0) is 31.0. The average Bonchev–Trinajstić information content (AvgIpc) is 3.33. The summed E-state index contributed by atoms with van der Waals surface area (Å²) >= 11 is 1.53. The molecule has 42 heavy (non-hydrogen) atoms. The van der Waals surface area contributed by atoms with E-state index in [9.17, 15) is 29.1 Å². The number of likely N-dealkylation sites (tertiary alicyclic amines) is 1. The first-order valence-electron chi connectivity index (χ1n) is 14.3. The highest BCUT2D eigenvalue weighted by molar-refractivity contribution is 7.13. The summed E-state index contributed by atoms with van der Waals surface area (Å²) in [5.74, 6) is -1.71. The van der Waals surface area contributed by atoms with Crippen molar-refractivity contribution in [1.82, 2.24) is 25.8 Å². The molecule has 0 radical (unpaired) electrons. The van der Waals surface area contributed by atoms with E-state index in [4.69, 9.17) is 0 Å². The maximum Gasteiger partial charge on any atom is 0.258 e. The molecule has 1 aliphatic carbocycles. The predicted molar refractivity (Wildman–Crippen MR) is 158 cm³/mol. The Morgan fingerprint density at radius 1 is 1.24 bits per heavy atom. The highest BCUT2D eigenvalue weighted by Crippen LogP contribution is 2.40. The standard InChI is InChI=1S/C30H41FN5O5S/c1-17(2)23(38)14-22(19-7-9-20(10-8-19)25-18(3)32-16-42-25)34-36(41)24-13-21(37)15-35(24)27(39)26(29(4,5)6)33-28(40)30(31)11-12-30/h7-10,16-17,21-22,24,26,34,37H,11-15H2,1-6H3,(H,33,40)/q-1/t21-,22+,24-,26+/m1/s1. The molecule has 4 atom stereocenters. The molecule has 1 aromatic heterocycles. The quantitative estimate of drug-likeness (QED) is 0.328. The molecule has 1 aromatic carbocycles. The molecule has 2 fully saturated rings. The minimum absolute atomic E-state index is 0.0332. The number of hydrogen-bond acceptors (Lipinski definition) is 9. The molecule has 2 heterocycles. The molecule has 2 amide bonds. The van der Waals surface area contributed by atoms with Crippen molar-refractivity contribution in [3.8, 4) is 10.4 Å². The largest absolute Gasteiger partial charge is 0.770 e. The molecule has 0 bridgehead atoms. The summed E-state index contributed by atoms with van der Waals surface area (Å²) in [5.41, 5.74) is 4.50. The lowest BCUT2D eigenvalue weighted by molar-refractivity contribution is -0.145. The van der Waals surface area contributed by atoms with Crippen LogP contribution in [0.25, 0.3) is 10.4 Å². The summed E-state index contributed by atoms with van der Waals surface area (Å²) in [6.07, 6.45) is -1.86. The van der Waals surface area contributed by atoms with Crippen molar-refractivity contribution in [2.24, 2.45) is 11.3 Å². The minimum atomic E-state index is -1.97. The molecular formula is C30H41FN5O5S-. The normalized spacial score (nSPS) is 21.5. The summed E-state index contributed by atoms with van der Waals surface area (Å²) in [6.45, 7) is 10.6. The number of aromatic nitrogens is 1. The fraction of sp³-hybridized carbons (Fsp3) is 0.600. The van der Waals surface area contributed by atoms with E-state index in [0.717, 1.165) is 16.1 Å². The molecule has 1 aliphatic heterocycles. The Morgan fingerprint density at radius 2 is 1.88 bits per heavy atom. The lowest BCUT2D eigenvalue weighted by atomic mass is 9.85. The topological polar surface area (TPSA) is 138 Å². The molecule has 3 N–H and O–H groups in total. The fourth-order valence-electron chi connectivity index (χ4n) is 5.03. The van der Waals surface area contributed by atoms with Gasteiger partial charge in [0, 0.05) is 25.3 Å². The molecule has 1 saturated carbocycles. The van der Waals surface area contributed by atoms with Crippen molar-refractivity contribution in [2.75, 3.05) is 6.54 Å². The van der Waals surface area contributed by atoms with Crippen LogP contribution in [-0.2, 0) is 14.4 Å². The third kappa shape index (κ3) is 7.23. The number of aliphatic hydroxyl groups is 1. The summed E-state index contributed by atoms with van der Waals surface area (Å²) in [7, 11) is 0. The van der Waals surface area contributed by atoms with Gasteiger partial charge in [-0.05, 0) is 36.3 Å². The number of aryl methyl sites for hydroxylation is 1. The van der Waals surface area contributed by atoms with Gasteiger partial charge in [0.05, 0.1) is 34.4 Å². The number of carbonyl (C=O) groups is 3. The van der Waals surface area contributed by atoms with Crippen molar-refractivity contribution in [1.29, 1.82) is 0 Å². The summed E-state index contributed by atoms with van der Waals surface area (Å²) in [5, 5.41) is 27.2. The van der Waals surface area contributed by atoms with Crippen LogP contribution in [0.4, 0.5) is 4.39 Å². The van der Waals surface area contributed by atoms with Gasteiger partial charge in [0.25, 0.3) is 5.91 Å². The number of thiazole rings is 1. The second-order valence-corrected chi connectivity index (χ2v) is 13.7. The Balaban J connectivity index is 1.55. The lowest BCUT2D eigenvalue weighted by Crippen LogP contribution is -2.60. The van der Waals surface area contributed by atoms with Crippen molar-refractivity contribution >= 4 is 28.9 Å². The van der Waals surface area contributed by atoms with Gasteiger partial charge in [0.15, 0.2) is 5.67 Å². The maximum atomic E-state index is 14.5. The monoisotopic (exact) mass is 602 g/mol. The number of hydrogen-bond donors (Lipinski definition) is 3. The molecule has 2 aliphatic rings. The first kappa shape index (κ1) is 32.2. The number of rotatable bonds is 11. The zero-order valence-electron chi connectivity index (χ0n) is 25.0. The summed E-state index contributed by atoms with van der Waals surface area (Å²) < 4.78 is 14.5. The third-order valence-electron chi connectivity index (χ3n) is 7.94. The molecule has 1 saturated heterocycles. The molecular weight excluding hydrogens is 561 g/mol. The summed E-state index contributed by atoms with van der Waals surface area (Å²) in [6, 6.07) is 5.75. The SMILES string of the molecule is Cc1ncsc1-c1ccc([C@H](CC(=O)C(C)C)NN([O-])[C@@H]2C[C@@H](O)CN2C(=O)[C@H](NC(=O)C2(F)CC2)C(C)(C)C)cc1. The number of hydrazine groups is 1. The first-order chi connectivity index (χ1) is 19.6. The average molecular weight is 603 g/mol. The number of Topliss-reactive ketones (excluding diaryl/α,β-unsaturated/α-hetero) is 1. The summed E-state index contributed by atoms with van der Waals surface area (Å²) in [4.78, 5) is 45.7. The van der Waals surface area contributed by atoms with E-state index >= 15 is 0 Å². The molecule has 2 aromatic rings. The van der Waals surface area contributed by atoms with Crippen LogP contribution in [-0.4, -0.2) is 68.3 Å². The van der Waals surface area contributed by atoms with Crippen molar-refractivity contribution < 1.29 is 23.9 Å². The van der Waals surface area contributed by atoms with Crippen LogP contribution in [0, 0.1) is 23.5 Å². The molecule has 10 nitrogen and oxygen atoms in total. The van der Waals surface area contributed by atoms with Crippen LogP contribution in [0.3, 0.4) is 0 Å². The Kier molecular flexibility index (Phi) is 9.53. The highest BCUT2D eigenvalue weighted by Gasteiger charge is 2.53. The van der Waals surface area contributed by atoms with Gasteiger partial charge in [0.2, 0.25) is 5.91 Å². The van der Waals surface area contributed by atoms with Crippen LogP contribution in [0.1, 0.15) is 77.6 Å². The van der Waals surface area contributed by atoms with Crippen molar-refractivity contribution in [3.05, 3.63) is 46.2 Å². The number of β-amino-alcohol motifs (C(OH)–C–C–N with tert-alkyl or cyclic N) is 1. The van der Waals surface area contributed by atoms with E-state index in [-0.39, 0.29) is 43.9 Å². The van der Waals surface area contributed by atoms with Gasteiger partial charge in [-0.15, -0.1) is 11.3 Å². The number of nitrogens with zero attached hydrogens (tertiary/aromatic N) is 3. The Morgan fingerprint density at radius 3 is 2.40 bits per heavy atom. The van der Waals surface area contributed by atoms with E-state index in [1.165, 1.54) is 16.2 Å². The molecule has 4 rings (SSSR count). The predicted octanol–water partition coefficient (Wildman–Crippen LogP) is 4.03. The number of aliphatic hydroxyl groups excluding tert-OH is 1. The van der Waals surface area contributed by atoms with E-state index in [0.29, 0.717) is 10.7 Å². The van der Waals surface area contributed by atoms with E-state index in [1.807, 2.05) is 31.2 Å². The smallest absolute Gasteiger partial charge is 0.258 e. The van der Waals surface area contributed by atoms with Gasteiger partial charge >= 0.3 is 0 Å². The van der Waals surface area contributed by atoms with Crippen LogP contribution in [0.2, 0.25) is 0 Å². The number of benzene rings is 1. The van der Waals surface area contributed by atoms with Gasteiger partial charge in [-0.1, -0.05) is 58.9 Å². The molecule has 230 valence electrons. The third-order valence-corrected chi connectivity index (χ3v) is 8.92. The Bertz CT molecular complexity index is 1290. The first-order valence-corrected chi connectivity index (χ1v) is 15.2.